The number of hydrogen-bond acceptors (Lipinski definition) is 2. The molecule has 0 spiro atoms. The molecule has 1 aromatic carbocycles. The van der Waals surface area contributed by atoms with Crippen LogP contribution in [0, 0.1) is 5.92 Å². The summed E-state index contributed by atoms with van der Waals surface area (Å²) in [6.07, 6.45) is 11.0. The molecule has 134 valence electrons. The van der Waals surface area contributed by atoms with Crippen molar-refractivity contribution in [1.29, 1.82) is 0 Å². The molecule has 0 radical (unpaired) electrons. The van der Waals surface area contributed by atoms with Gasteiger partial charge in [0, 0.05) is 19.0 Å². The second-order valence-corrected chi connectivity index (χ2v) is 7.16. The van der Waals surface area contributed by atoms with Crippen molar-refractivity contribution in [2.75, 3.05) is 26.7 Å². The van der Waals surface area contributed by atoms with Gasteiger partial charge in [0.15, 0.2) is 0 Å². The monoisotopic (exact) mass is 329 g/mol. The first-order chi connectivity index (χ1) is 11.8. The zero-order valence-corrected chi connectivity index (χ0v) is 15.8. The minimum absolute atomic E-state index is 0.208. The van der Waals surface area contributed by atoms with Gasteiger partial charge in [-0.1, -0.05) is 88.8 Å². The summed E-state index contributed by atoms with van der Waals surface area (Å²) < 4.78 is 5.94. The largest absolute Gasteiger partial charge is 0.368 e. The summed E-state index contributed by atoms with van der Waals surface area (Å²) in [5.74, 6) is 0.601. The molecule has 2 aliphatic rings. The molecule has 2 unspecified atom stereocenters. The van der Waals surface area contributed by atoms with Gasteiger partial charge in [-0.25, -0.2) is 0 Å². The molecule has 2 heterocycles. The Balaban J connectivity index is 0.000000224. The minimum Gasteiger partial charge on any atom is -0.368 e. The average molecular weight is 330 g/mol. The van der Waals surface area contributed by atoms with E-state index >= 15 is 0 Å². The second kappa shape index (κ2) is 10.7. The molecule has 0 N–H and O–H groups in total. The standard InChI is InChI=1S/C14H17NO.C8H18/c1-15-8-7-13-12(9-15)10-16-14(13)11-5-3-2-4-6-11;1-3-5-7-8-6-4-2/h2-7,12,14H,8-10H2,1H3;3-8H2,1-2H3. The Morgan fingerprint density at radius 2 is 1.67 bits per heavy atom. The van der Waals surface area contributed by atoms with Crippen LogP contribution in [-0.4, -0.2) is 31.6 Å². The number of ether oxygens (including phenoxy) is 1. The van der Waals surface area contributed by atoms with Gasteiger partial charge in [0.25, 0.3) is 0 Å². The maximum Gasteiger partial charge on any atom is 0.104 e. The van der Waals surface area contributed by atoms with Gasteiger partial charge in [-0.3, -0.25) is 0 Å². The first-order valence-electron chi connectivity index (χ1n) is 9.81. The first kappa shape index (κ1) is 19.2. The van der Waals surface area contributed by atoms with Crippen molar-refractivity contribution in [2.45, 2.75) is 58.5 Å². The molecule has 0 amide bonds. The van der Waals surface area contributed by atoms with Crippen LogP contribution in [0.5, 0.6) is 0 Å². The van der Waals surface area contributed by atoms with Crippen molar-refractivity contribution in [2.24, 2.45) is 5.92 Å². The third kappa shape index (κ3) is 5.75. The summed E-state index contributed by atoms with van der Waals surface area (Å²) in [6.45, 7) is 7.57. The van der Waals surface area contributed by atoms with Gasteiger partial charge in [-0.2, -0.15) is 0 Å². The summed E-state index contributed by atoms with van der Waals surface area (Å²) in [5, 5.41) is 0. The van der Waals surface area contributed by atoms with E-state index in [1.807, 2.05) is 0 Å². The molecule has 24 heavy (non-hydrogen) atoms. The van der Waals surface area contributed by atoms with Crippen LogP contribution in [0.3, 0.4) is 0 Å². The van der Waals surface area contributed by atoms with E-state index in [9.17, 15) is 0 Å². The maximum absolute atomic E-state index is 5.94. The van der Waals surface area contributed by atoms with E-state index < -0.39 is 0 Å². The van der Waals surface area contributed by atoms with Crippen LogP contribution in [0.25, 0.3) is 0 Å². The Kier molecular flexibility index (Phi) is 8.55. The SMILES string of the molecule is CCCCCCCC.CN1CC=C2C(COC2c2ccccc2)C1. The molecule has 1 fully saturated rings. The molecule has 0 aromatic heterocycles. The highest BCUT2D eigenvalue weighted by Crippen LogP contribution is 2.39. The molecule has 1 saturated heterocycles. The van der Waals surface area contributed by atoms with E-state index in [0.29, 0.717) is 5.92 Å². The van der Waals surface area contributed by atoms with Gasteiger partial charge in [0.05, 0.1) is 6.61 Å². The summed E-state index contributed by atoms with van der Waals surface area (Å²) in [4.78, 5) is 2.35. The van der Waals surface area contributed by atoms with Crippen LogP contribution in [-0.2, 0) is 4.74 Å². The summed E-state index contributed by atoms with van der Waals surface area (Å²) in [6, 6.07) is 10.5. The van der Waals surface area contributed by atoms with E-state index in [1.165, 1.54) is 49.7 Å². The van der Waals surface area contributed by atoms with Crippen LogP contribution < -0.4 is 0 Å². The van der Waals surface area contributed by atoms with Crippen LogP contribution >= 0.6 is 0 Å². The lowest BCUT2D eigenvalue weighted by atomic mass is 9.91. The summed E-state index contributed by atoms with van der Waals surface area (Å²) in [7, 11) is 2.17. The molecule has 2 aliphatic heterocycles. The van der Waals surface area contributed by atoms with Gasteiger partial charge in [0.2, 0.25) is 0 Å². The van der Waals surface area contributed by atoms with Crippen molar-refractivity contribution in [3.05, 3.63) is 47.5 Å². The average Bonchev–Trinajstić information content (AvgIpc) is 3.03. The molecule has 0 saturated carbocycles. The molecule has 0 bridgehead atoms. The smallest absolute Gasteiger partial charge is 0.104 e. The first-order valence-corrected chi connectivity index (χ1v) is 9.81. The van der Waals surface area contributed by atoms with Crippen LogP contribution in [0.4, 0.5) is 0 Å². The normalized spacial score (nSPS) is 23.2. The predicted molar refractivity (Wildman–Crippen MR) is 103 cm³/mol. The summed E-state index contributed by atoms with van der Waals surface area (Å²) in [5.41, 5.74) is 2.78. The quantitative estimate of drug-likeness (QED) is 0.496. The Morgan fingerprint density at radius 1 is 1.00 bits per heavy atom. The molecule has 2 atom stereocenters. The van der Waals surface area contributed by atoms with Crippen molar-refractivity contribution >= 4 is 0 Å². The van der Waals surface area contributed by atoms with E-state index in [1.54, 1.807) is 0 Å². The second-order valence-electron chi connectivity index (χ2n) is 7.16. The third-order valence-electron chi connectivity index (χ3n) is 4.97. The fourth-order valence-electron chi connectivity index (χ4n) is 3.53. The Labute approximate surface area is 148 Å². The van der Waals surface area contributed by atoms with Crippen molar-refractivity contribution in [3.8, 4) is 0 Å². The molecule has 1 aromatic rings. The zero-order chi connectivity index (χ0) is 17.2. The topological polar surface area (TPSA) is 12.5 Å². The fourth-order valence-corrected chi connectivity index (χ4v) is 3.53. The van der Waals surface area contributed by atoms with E-state index in [0.717, 1.165) is 19.7 Å². The summed E-state index contributed by atoms with van der Waals surface area (Å²) >= 11 is 0. The number of fused-ring (bicyclic) bond motifs is 1. The molecular formula is C22H35NO. The van der Waals surface area contributed by atoms with Gasteiger partial charge in [-0.05, 0) is 18.2 Å². The van der Waals surface area contributed by atoms with Gasteiger partial charge < -0.3 is 9.64 Å². The highest BCUT2D eigenvalue weighted by molar-refractivity contribution is 5.31. The number of unbranched alkanes of at least 4 members (excludes halogenated alkanes) is 5. The predicted octanol–water partition coefficient (Wildman–Crippen LogP) is 5.61. The lowest BCUT2D eigenvalue weighted by Gasteiger charge is -2.26. The number of hydrogen-bond donors (Lipinski definition) is 0. The van der Waals surface area contributed by atoms with Crippen molar-refractivity contribution in [1.82, 2.24) is 4.90 Å². The number of nitrogens with zero attached hydrogens (tertiary/aromatic N) is 1. The van der Waals surface area contributed by atoms with E-state index in [2.05, 4.69) is 62.2 Å². The molecule has 2 nitrogen and oxygen atoms in total. The maximum atomic E-state index is 5.94. The highest BCUT2D eigenvalue weighted by atomic mass is 16.5. The van der Waals surface area contributed by atoms with Crippen LogP contribution in [0.1, 0.15) is 64.0 Å². The molecule has 0 aliphatic carbocycles. The number of benzene rings is 1. The van der Waals surface area contributed by atoms with Gasteiger partial charge in [-0.15, -0.1) is 0 Å². The minimum atomic E-state index is 0.208. The van der Waals surface area contributed by atoms with Crippen LogP contribution in [0.15, 0.2) is 42.0 Å². The third-order valence-corrected chi connectivity index (χ3v) is 4.97. The Hall–Kier alpha value is -1.12. The Bertz CT molecular complexity index is 476. The Morgan fingerprint density at radius 3 is 2.29 bits per heavy atom. The van der Waals surface area contributed by atoms with E-state index in [4.69, 9.17) is 4.74 Å². The number of rotatable bonds is 6. The van der Waals surface area contributed by atoms with Gasteiger partial charge in [0.1, 0.15) is 6.10 Å². The van der Waals surface area contributed by atoms with E-state index in [-0.39, 0.29) is 6.10 Å². The zero-order valence-electron chi connectivity index (χ0n) is 15.8. The van der Waals surface area contributed by atoms with Crippen molar-refractivity contribution < 1.29 is 4.74 Å². The van der Waals surface area contributed by atoms with Crippen LogP contribution in [0.2, 0.25) is 0 Å². The fraction of sp³-hybridized carbons (Fsp3) is 0.636. The number of likely N-dealkylation sites (N-methyl/N-ethyl adjacent to an activating group) is 1. The molecule has 3 rings (SSSR count). The lowest BCUT2D eigenvalue weighted by Crippen LogP contribution is -2.31. The highest BCUT2D eigenvalue weighted by Gasteiger charge is 2.34. The van der Waals surface area contributed by atoms with Gasteiger partial charge >= 0.3 is 0 Å². The molecular weight excluding hydrogens is 294 g/mol. The molecule has 2 heteroatoms. The lowest BCUT2D eigenvalue weighted by molar-refractivity contribution is 0.113. The van der Waals surface area contributed by atoms with Crippen molar-refractivity contribution in [3.63, 3.8) is 0 Å².